The van der Waals surface area contributed by atoms with Gasteiger partial charge in [0, 0.05) is 31.1 Å². The number of aryl methyl sites for hydroxylation is 2. The molecule has 4 rings (SSSR count). The van der Waals surface area contributed by atoms with Crippen molar-refractivity contribution in [1.29, 1.82) is 0 Å². The van der Waals surface area contributed by atoms with Crippen LogP contribution in [0.25, 0.3) is 32.4 Å². The molecule has 20 heavy (non-hydrogen) atoms. The summed E-state index contributed by atoms with van der Waals surface area (Å²) in [6.07, 6.45) is 2.19. The molecule has 0 aliphatic heterocycles. The summed E-state index contributed by atoms with van der Waals surface area (Å²) in [4.78, 5) is 0. The average Bonchev–Trinajstić information content (AvgIpc) is 2.40. The van der Waals surface area contributed by atoms with Gasteiger partial charge in [0.15, 0.2) is 0 Å². The first kappa shape index (κ1) is 14.8. The van der Waals surface area contributed by atoms with Crippen LogP contribution in [0.15, 0.2) is 48.7 Å². The highest BCUT2D eigenvalue weighted by molar-refractivity contribution is 6.21. The summed E-state index contributed by atoms with van der Waals surface area (Å²) in [7, 11) is 4.18. The second-order valence-electron chi connectivity index (χ2n) is 4.92. The first-order valence-corrected chi connectivity index (χ1v) is 6.18. The van der Waals surface area contributed by atoms with Crippen LogP contribution in [0.1, 0.15) is 0 Å². The van der Waals surface area contributed by atoms with Crippen molar-refractivity contribution in [2.24, 2.45) is 14.1 Å². The summed E-state index contributed by atoms with van der Waals surface area (Å²) >= 11 is 0. The van der Waals surface area contributed by atoms with Crippen LogP contribution < -0.4 is 0 Å². The van der Waals surface area contributed by atoms with Crippen LogP contribution in [0.3, 0.4) is 0 Å². The van der Waals surface area contributed by atoms with Gasteiger partial charge in [0.25, 0.3) is 0 Å². The molecule has 4 heteroatoms. The van der Waals surface area contributed by atoms with Crippen LogP contribution in [0.5, 0.6) is 0 Å². The van der Waals surface area contributed by atoms with Gasteiger partial charge >= 0.3 is 0 Å². The Labute approximate surface area is 129 Å². The lowest BCUT2D eigenvalue weighted by molar-refractivity contribution is 0.599. The zero-order chi connectivity index (χ0) is 12.3. The Morgan fingerprint density at radius 3 is 2.00 bits per heavy atom. The fourth-order valence-corrected chi connectivity index (χ4v) is 2.93. The van der Waals surface area contributed by atoms with E-state index in [1.54, 1.807) is 0 Å². The lowest BCUT2D eigenvalue weighted by atomic mass is 9.97. The van der Waals surface area contributed by atoms with Crippen LogP contribution in [0.2, 0.25) is 0 Å². The second kappa shape index (κ2) is 5.04. The van der Waals surface area contributed by atoms with E-state index in [4.69, 9.17) is 0 Å². The van der Waals surface area contributed by atoms with Crippen molar-refractivity contribution >= 4 is 57.3 Å². The summed E-state index contributed by atoms with van der Waals surface area (Å²) < 4.78 is 4.32. The van der Waals surface area contributed by atoms with Crippen molar-refractivity contribution in [3.63, 3.8) is 0 Å². The minimum Gasteiger partial charge on any atom is -0.295 e. The molecule has 0 amide bonds. The van der Waals surface area contributed by atoms with E-state index in [9.17, 15) is 0 Å². The van der Waals surface area contributed by atoms with E-state index in [2.05, 4.69) is 72.1 Å². The quantitative estimate of drug-likeness (QED) is 0.418. The Morgan fingerprint density at radius 1 is 0.700 bits per heavy atom. The minimum atomic E-state index is 0. The monoisotopic (exact) mass is 306 g/mol. The Morgan fingerprint density at radius 2 is 1.30 bits per heavy atom. The molecule has 0 saturated carbocycles. The van der Waals surface area contributed by atoms with Gasteiger partial charge in [-0.05, 0) is 22.2 Å². The normalized spacial score (nSPS) is 10.7. The molecule has 0 aliphatic carbocycles. The molecule has 0 spiro atoms. The molecule has 0 unspecified atom stereocenters. The van der Waals surface area contributed by atoms with Crippen molar-refractivity contribution in [2.45, 2.75) is 0 Å². The highest BCUT2D eigenvalue weighted by Gasteiger charge is 2.09. The first-order valence-electron chi connectivity index (χ1n) is 6.18. The standard InChI is InChI=1S/C16H14N2.2ClH/c1-17-10-13-7-6-11-4-3-5-12-8-9-14(18(17)2)16(13)15(11)12;;/h3-10H,1-2H3;2*1H. The maximum atomic E-state index is 2.21. The highest BCUT2D eigenvalue weighted by Crippen LogP contribution is 2.33. The zero-order valence-electron chi connectivity index (χ0n) is 11.3. The molecule has 0 aliphatic rings. The number of nitrogens with zero attached hydrogens (tertiary/aromatic N) is 2. The Balaban J connectivity index is 0.000000735. The zero-order valence-corrected chi connectivity index (χ0v) is 13.0. The van der Waals surface area contributed by atoms with Gasteiger partial charge < -0.3 is 0 Å². The van der Waals surface area contributed by atoms with Crippen LogP contribution >= 0.6 is 24.8 Å². The Bertz CT molecular complexity index is 887. The SMILES string of the molecule is Cl.Cl.Cn1cc2ccc3cccc4ccc(c2c34)n1C. The molecule has 0 N–H and O–H groups in total. The third kappa shape index (κ3) is 1.80. The number of rotatable bonds is 0. The smallest absolute Gasteiger partial charge is 0.0656 e. The summed E-state index contributed by atoms with van der Waals surface area (Å²) in [5.74, 6) is 0. The molecule has 3 aromatic carbocycles. The van der Waals surface area contributed by atoms with E-state index in [0.29, 0.717) is 0 Å². The van der Waals surface area contributed by atoms with Gasteiger partial charge in [0.2, 0.25) is 0 Å². The van der Waals surface area contributed by atoms with Crippen LogP contribution in [-0.2, 0) is 14.1 Å². The topological polar surface area (TPSA) is 9.86 Å². The van der Waals surface area contributed by atoms with Crippen molar-refractivity contribution in [2.75, 3.05) is 0 Å². The summed E-state index contributed by atoms with van der Waals surface area (Å²) in [6, 6.07) is 15.4. The third-order valence-electron chi connectivity index (χ3n) is 3.93. The molecule has 1 aromatic heterocycles. The largest absolute Gasteiger partial charge is 0.295 e. The van der Waals surface area contributed by atoms with Crippen molar-refractivity contribution in [1.82, 2.24) is 9.36 Å². The van der Waals surface area contributed by atoms with Crippen LogP contribution in [-0.4, -0.2) is 9.36 Å². The second-order valence-corrected chi connectivity index (χ2v) is 4.92. The van der Waals surface area contributed by atoms with E-state index in [1.165, 1.54) is 32.4 Å². The predicted molar refractivity (Wildman–Crippen MR) is 91.4 cm³/mol. The number of halogens is 2. The highest BCUT2D eigenvalue weighted by atomic mass is 35.5. The van der Waals surface area contributed by atoms with E-state index in [1.807, 2.05) is 0 Å². The molecule has 0 radical (unpaired) electrons. The third-order valence-corrected chi connectivity index (χ3v) is 3.93. The molecule has 0 saturated heterocycles. The van der Waals surface area contributed by atoms with Gasteiger partial charge in [-0.3, -0.25) is 9.36 Å². The fraction of sp³-hybridized carbons (Fsp3) is 0.125. The number of hydrogen-bond acceptors (Lipinski definition) is 0. The van der Waals surface area contributed by atoms with Gasteiger partial charge in [-0.1, -0.05) is 36.4 Å². The summed E-state index contributed by atoms with van der Waals surface area (Å²) in [5.41, 5.74) is 1.28. The average molecular weight is 307 g/mol. The van der Waals surface area contributed by atoms with Gasteiger partial charge in [-0.2, -0.15) is 0 Å². The number of hydrogen-bond donors (Lipinski definition) is 0. The Kier molecular flexibility index (Phi) is 3.72. The molecule has 4 aromatic rings. The first-order chi connectivity index (χ1) is 8.75. The fourth-order valence-electron chi connectivity index (χ4n) is 2.93. The van der Waals surface area contributed by atoms with Gasteiger partial charge in [-0.15, -0.1) is 24.8 Å². The minimum absolute atomic E-state index is 0. The Hall–Kier alpha value is -1.64. The van der Waals surface area contributed by atoms with Crippen LogP contribution in [0.4, 0.5) is 0 Å². The van der Waals surface area contributed by atoms with E-state index < -0.39 is 0 Å². The molecular formula is C16H16Cl2N2. The van der Waals surface area contributed by atoms with Crippen LogP contribution in [0, 0.1) is 0 Å². The number of benzene rings is 3. The van der Waals surface area contributed by atoms with E-state index >= 15 is 0 Å². The van der Waals surface area contributed by atoms with Gasteiger partial charge in [0.1, 0.15) is 0 Å². The van der Waals surface area contributed by atoms with E-state index in [0.717, 1.165) is 0 Å². The lowest BCUT2D eigenvalue weighted by Crippen LogP contribution is -2.09. The molecule has 0 atom stereocenters. The predicted octanol–water partition coefficient (Wildman–Crippen LogP) is 4.67. The molecular weight excluding hydrogens is 291 g/mol. The van der Waals surface area contributed by atoms with E-state index in [-0.39, 0.29) is 24.8 Å². The molecule has 0 bridgehead atoms. The lowest BCUT2D eigenvalue weighted by Gasteiger charge is -2.17. The maximum absolute atomic E-state index is 2.21. The van der Waals surface area contributed by atoms with Crippen molar-refractivity contribution < 1.29 is 0 Å². The molecule has 0 fully saturated rings. The van der Waals surface area contributed by atoms with Gasteiger partial charge in [0.05, 0.1) is 5.52 Å². The maximum Gasteiger partial charge on any atom is 0.0656 e. The summed E-state index contributed by atoms with van der Waals surface area (Å²) in [5, 5.41) is 6.68. The van der Waals surface area contributed by atoms with Crippen molar-refractivity contribution in [3.8, 4) is 0 Å². The number of aromatic nitrogens is 2. The molecule has 104 valence electrons. The summed E-state index contributed by atoms with van der Waals surface area (Å²) in [6.45, 7) is 0. The van der Waals surface area contributed by atoms with Crippen molar-refractivity contribution in [3.05, 3.63) is 48.7 Å². The molecule has 2 nitrogen and oxygen atoms in total. The van der Waals surface area contributed by atoms with Gasteiger partial charge in [-0.25, -0.2) is 0 Å². The molecule has 1 heterocycles.